The molecule has 1 saturated carbocycles. The van der Waals surface area contributed by atoms with Crippen LogP contribution in [0, 0.1) is 11.8 Å². The number of aliphatic hydroxyl groups excluding tert-OH is 1. The Kier molecular flexibility index (Phi) is 6.47. The molecule has 30 heavy (non-hydrogen) atoms. The molecule has 2 aliphatic rings. The molecule has 1 aromatic carbocycles. The van der Waals surface area contributed by atoms with Crippen LogP contribution in [0.2, 0.25) is 0 Å². The maximum atomic E-state index is 12.7. The average molecular weight is 411 g/mol. The van der Waals surface area contributed by atoms with Gasteiger partial charge < -0.3 is 20.1 Å². The van der Waals surface area contributed by atoms with E-state index in [-0.39, 0.29) is 11.9 Å². The monoisotopic (exact) mass is 410 g/mol. The number of carbonyl (C=O) groups is 1. The molecule has 1 saturated heterocycles. The Bertz CT molecular complexity index is 830. The topological polar surface area (TPSA) is 87.6 Å². The summed E-state index contributed by atoms with van der Waals surface area (Å²) in [5.41, 5.74) is 1.22. The van der Waals surface area contributed by atoms with Crippen LogP contribution in [0.25, 0.3) is 0 Å². The van der Waals surface area contributed by atoms with Crippen molar-refractivity contribution in [1.82, 2.24) is 14.9 Å². The minimum atomic E-state index is -0.432. The summed E-state index contributed by atoms with van der Waals surface area (Å²) in [5, 5.41) is 13.9. The predicted octanol–water partition coefficient (Wildman–Crippen LogP) is 2.52. The van der Waals surface area contributed by atoms with Crippen molar-refractivity contribution in [2.75, 3.05) is 25.5 Å². The summed E-state index contributed by atoms with van der Waals surface area (Å²) in [4.78, 5) is 23.1. The Morgan fingerprint density at radius 3 is 2.67 bits per heavy atom. The number of aromatic nitrogens is 2. The van der Waals surface area contributed by atoms with E-state index in [0.29, 0.717) is 24.1 Å². The first-order valence-electron chi connectivity index (χ1n) is 10.7. The van der Waals surface area contributed by atoms with Gasteiger partial charge in [-0.3, -0.25) is 9.78 Å². The lowest BCUT2D eigenvalue weighted by Crippen LogP contribution is -2.43. The minimum absolute atomic E-state index is 0.0481. The van der Waals surface area contributed by atoms with Crippen molar-refractivity contribution in [3.63, 3.8) is 0 Å². The van der Waals surface area contributed by atoms with E-state index in [1.807, 2.05) is 17.0 Å². The zero-order chi connectivity index (χ0) is 20.9. The molecule has 4 atom stereocenters. The number of nitrogens with one attached hydrogen (secondary N) is 1. The van der Waals surface area contributed by atoms with Gasteiger partial charge in [0.15, 0.2) is 0 Å². The molecule has 2 aromatic rings. The van der Waals surface area contributed by atoms with E-state index >= 15 is 0 Å². The van der Waals surface area contributed by atoms with Gasteiger partial charge in [0, 0.05) is 31.9 Å². The predicted molar refractivity (Wildman–Crippen MR) is 114 cm³/mol. The van der Waals surface area contributed by atoms with E-state index in [0.717, 1.165) is 44.5 Å². The molecule has 0 radical (unpaired) electrons. The van der Waals surface area contributed by atoms with Crippen LogP contribution in [0.15, 0.2) is 42.9 Å². The molecule has 1 aliphatic heterocycles. The number of anilines is 1. The first kappa shape index (κ1) is 20.6. The molecule has 0 spiro atoms. The molecule has 1 amide bonds. The maximum Gasteiger partial charge on any atom is 0.222 e. The number of amides is 1. The van der Waals surface area contributed by atoms with Gasteiger partial charge in [0.1, 0.15) is 11.6 Å². The Morgan fingerprint density at radius 2 is 1.97 bits per heavy atom. The number of rotatable bonds is 7. The summed E-state index contributed by atoms with van der Waals surface area (Å²) in [6.45, 7) is 1.55. The molecule has 7 heteroatoms. The summed E-state index contributed by atoms with van der Waals surface area (Å²) in [7, 11) is 1.66. The van der Waals surface area contributed by atoms with Gasteiger partial charge in [-0.1, -0.05) is 12.1 Å². The second kappa shape index (κ2) is 9.43. The number of methoxy groups -OCH3 is 1. The van der Waals surface area contributed by atoms with E-state index in [1.165, 1.54) is 5.56 Å². The Hall–Kier alpha value is -2.67. The molecule has 0 unspecified atom stereocenters. The molecule has 4 rings (SSSR count). The number of carbonyl (C=O) groups excluding carboxylic acids is 1. The van der Waals surface area contributed by atoms with E-state index in [2.05, 4.69) is 27.4 Å². The van der Waals surface area contributed by atoms with Crippen molar-refractivity contribution >= 4 is 11.7 Å². The van der Waals surface area contributed by atoms with E-state index in [4.69, 9.17) is 4.74 Å². The third-order valence-electron chi connectivity index (χ3n) is 6.41. The smallest absolute Gasteiger partial charge is 0.222 e. The fourth-order valence-electron chi connectivity index (χ4n) is 4.75. The number of nitrogens with zero attached hydrogens (tertiary/aromatic N) is 3. The van der Waals surface area contributed by atoms with Crippen molar-refractivity contribution in [3.8, 4) is 5.75 Å². The van der Waals surface area contributed by atoms with E-state index in [9.17, 15) is 9.90 Å². The normalized spacial score (nSPS) is 25.6. The zero-order valence-electron chi connectivity index (χ0n) is 17.4. The van der Waals surface area contributed by atoms with Gasteiger partial charge in [0.2, 0.25) is 5.91 Å². The van der Waals surface area contributed by atoms with Crippen LogP contribution in [-0.2, 0) is 11.2 Å². The number of ether oxygens (including phenoxy) is 1. The summed E-state index contributed by atoms with van der Waals surface area (Å²) >= 11 is 0. The van der Waals surface area contributed by atoms with Gasteiger partial charge in [-0.2, -0.15) is 0 Å². The third-order valence-corrected chi connectivity index (χ3v) is 6.41. The van der Waals surface area contributed by atoms with Gasteiger partial charge in [-0.05, 0) is 55.2 Å². The number of fused-ring (bicyclic) bond motifs is 1. The Morgan fingerprint density at radius 1 is 1.20 bits per heavy atom. The largest absolute Gasteiger partial charge is 0.497 e. The van der Waals surface area contributed by atoms with E-state index in [1.54, 1.807) is 25.7 Å². The lowest BCUT2D eigenvalue weighted by atomic mass is 9.77. The highest BCUT2D eigenvalue weighted by molar-refractivity contribution is 5.76. The summed E-state index contributed by atoms with van der Waals surface area (Å²) in [6.07, 6.45) is 8.38. The van der Waals surface area contributed by atoms with Crippen LogP contribution < -0.4 is 10.1 Å². The fraction of sp³-hybridized carbons (Fsp3) is 0.522. The first-order valence-corrected chi connectivity index (χ1v) is 10.7. The molecular formula is C23H30N4O3. The van der Waals surface area contributed by atoms with Gasteiger partial charge >= 0.3 is 0 Å². The molecule has 160 valence electrons. The van der Waals surface area contributed by atoms with Gasteiger partial charge in [0.25, 0.3) is 0 Å². The molecule has 2 heterocycles. The molecular weight excluding hydrogens is 380 g/mol. The number of benzene rings is 1. The number of aryl methyl sites for hydroxylation is 1. The summed E-state index contributed by atoms with van der Waals surface area (Å²) in [5.74, 6) is 2.57. The Labute approximate surface area is 177 Å². The highest BCUT2D eigenvalue weighted by atomic mass is 16.5. The number of hydrogen-bond acceptors (Lipinski definition) is 6. The lowest BCUT2D eigenvalue weighted by molar-refractivity contribution is -0.130. The van der Waals surface area contributed by atoms with Crippen molar-refractivity contribution in [2.45, 2.75) is 44.2 Å². The van der Waals surface area contributed by atoms with E-state index < -0.39 is 6.10 Å². The maximum absolute atomic E-state index is 12.7. The second-order valence-electron chi connectivity index (χ2n) is 8.40. The van der Waals surface area contributed by atoms with Crippen molar-refractivity contribution in [3.05, 3.63) is 48.4 Å². The quantitative estimate of drug-likeness (QED) is 0.729. The van der Waals surface area contributed by atoms with Crippen LogP contribution in [0.5, 0.6) is 5.75 Å². The fourth-order valence-corrected chi connectivity index (χ4v) is 4.75. The lowest BCUT2D eigenvalue weighted by Gasteiger charge is -2.35. The number of aliphatic hydroxyl groups is 1. The molecule has 1 aromatic heterocycles. The second-order valence-corrected chi connectivity index (χ2v) is 8.40. The third kappa shape index (κ3) is 4.90. The molecule has 1 aliphatic carbocycles. The van der Waals surface area contributed by atoms with Crippen LogP contribution in [0.1, 0.15) is 31.2 Å². The molecule has 2 N–H and O–H groups in total. The SMILES string of the molecule is COc1ccc(CCCC(=O)N2C[C@H]3C[C@@H](Nc4cnccn4)[C@H](O)C[C@H]3C2)cc1. The highest BCUT2D eigenvalue weighted by Gasteiger charge is 2.42. The first-order chi connectivity index (χ1) is 14.6. The molecule has 2 fully saturated rings. The molecule has 0 bridgehead atoms. The zero-order valence-corrected chi connectivity index (χ0v) is 17.4. The van der Waals surface area contributed by atoms with Crippen LogP contribution in [-0.4, -0.2) is 58.2 Å². The number of likely N-dealkylation sites (tertiary alicyclic amines) is 1. The van der Waals surface area contributed by atoms with Crippen LogP contribution >= 0.6 is 0 Å². The van der Waals surface area contributed by atoms with Gasteiger partial charge in [-0.25, -0.2) is 4.98 Å². The van der Waals surface area contributed by atoms with Gasteiger partial charge in [0.05, 0.1) is 25.5 Å². The standard InChI is InChI=1S/C23H30N4O3/c1-30-19-7-5-16(6-8-19)3-2-4-23(29)27-14-17-11-20(21(28)12-18(17)15-27)26-22-13-24-9-10-25-22/h5-10,13,17-18,20-21,28H,2-4,11-12,14-15H2,1H3,(H,25,26)/t17-,18+,20-,21-/m1/s1. The molecule has 7 nitrogen and oxygen atoms in total. The number of hydrogen-bond donors (Lipinski definition) is 2. The average Bonchev–Trinajstić information content (AvgIpc) is 3.18. The van der Waals surface area contributed by atoms with Crippen molar-refractivity contribution in [1.29, 1.82) is 0 Å². The van der Waals surface area contributed by atoms with Crippen molar-refractivity contribution in [2.24, 2.45) is 11.8 Å². The van der Waals surface area contributed by atoms with Crippen LogP contribution in [0.4, 0.5) is 5.82 Å². The Balaban J connectivity index is 1.25. The summed E-state index contributed by atoms with van der Waals surface area (Å²) in [6, 6.07) is 7.98. The minimum Gasteiger partial charge on any atom is -0.497 e. The van der Waals surface area contributed by atoms with Gasteiger partial charge in [-0.15, -0.1) is 0 Å². The summed E-state index contributed by atoms with van der Waals surface area (Å²) < 4.78 is 5.18. The van der Waals surface area contributed by atoms with Crippen molar-refractivity contribution < 1.29 is 14.6 Å². The highest BCUT2D eigenvalue weighted by Crippen LogP contribution is 2.37. The van der Waals surface area contributed by atoms with Crippen LogP contribution in [0.3, 0.4) is 0 Å².